The van der Waals surface area contributed by atoms with E-state index in [1.165, 1.54) is 6.08 Å². The van der Waals surface area contributed by atoms with Crippen LogP contribution in [0.25, 0.3) is 17.4 Å². The molecule has 1 heterocycles. The third-order valence-electron chi connectivity index (χ3n) is 2.83. The molecule has 4 nitrogen and oxygen atoms in total. The summed E-state index contributed by atoms with van der Waals surface area (Å²) >= 11 is 2.24. The summed E-state index contributed by atoms with van der Waals surface area (Å²) in [6.45, 7) is 3.68. The molecule has 0 saturated carbocycles. The SMILES string of the molecule is CC(C)NC(=O)/C(C#N)=C\c1ccc(-c2ccc(I)cc2)o1. The molecule has 0 bridgehead atoms. The van der Waals surface area contributed by atoms with Gasteiger partial charge in [0.1, 0.15) is 23.2 Å². The Kier molecular flexibility index (Phi) is 5.39. The third kappa shape index (κ3) is 4.21. The average molecular weight is 406 g/mol. The van der Waals surface area contributed by atoms with E-state index >= 15 is 0 Å². The zero-order valence-corrected chi connectivity index (χ0v) is 14.4. The molecule has 1 aromatic carbocycles. The molecular formula is C17H15IN2O2. The van der Waals surface area contributed by atoms with E-state index in [-0.39, 0.29) is 11.6 Å². The van der Waals surface area contributed by atoms with Crippen LogP contribution in [0.2, 0.25) is 0 Å². The number of nitriles is 1. The fourth-order valence-electron chi connectivity index (χ4n) is 1.83. The second-order valence-electron chi connectivity index (χ2n) is 5.01. The Morgan fingerprint density at radius 3 is 2.55 bits per heavy atom. The smallest absolute Gasteiger partial charge is 0.262 e. The molecule has 0 spiro atoms. The number of nitrogens with zero attached hydrogens (tertiary/aromatic N) is 1. The second kappa shape index (κ2) is 7.27. The molecule has 0 radical (unpaired) electrons. The Morgan fingerprint density at radius 2 is 1.95 bits per heavy atom. The maximum atomic E-state index is 11.9. The number of benzene rings is 1. The lowest BCUT2D eigenvalue weighted by Crippen LogP contribution is -2.30. The first kappa shape index (κ1) is 16.3. The van der Waals surface area contributed by atoms with Crippen molar-refractivity contribution >= 4 is 34.6 Å². The number of hydrogen-bond acceptors (Lipinski definition) is 3. The summed E-state index contributed by atoms with van der Waals surface area (Å²) in [7, 11) is 0. The van der Waals surface area contributed by atoms with Gasteiger partial charge in [-0.15, -0.1) is 0 Å². The number of nitrogens with one attached hydrogen (secondary N) is 1. The lowest BCUT2D eigenvalue weighted by Gasteiger charge is -2.06. The van der Waals surface area contributed by atoms with Crippen LogP contribution in [-0.4, -0.2) is 11.9 Å². The van der Waals surface area contributed by atoms with Crippen molar-refractivity contribution in [3.63, 3.8) is 0 Å². The molecule has 0 saturated heterocycles. The monoisotopic (exact) mass is 406 g/mol. The summed E-state index contributed by atoms with van der Waals surface area (Å²) in [5.74, 6) is 0.776. The minimum Gasteiger partial charge on any atom is -0.457 e. The normalized spacial score (nSPS) is 11.3. The van der Waals surface area contributed by atoms with Gasteiger partial charge in [0.05, 0.1) is 0 Å². The highest BCUT2D eigenvalue weighted by atomic mass is 127. The topological polar surface area (TPSA) is 66.0 Å². The first-order valence-electron chi connectivity index (χ1n) is 6.78. The lowest BCUT2D eigenvalue weighted by atomic mass is 10.2. The number of carbonyl (C=O) groups excluding carboxylic acids is 1. The fourth-order valence-corrected chi connectivity index (χ4v) is 2.19. The number of furan rings is 1. The predicted octanol–water partition coefficient (Wildman–Crippen LogP) is 3.98. The van der Waals surface area contributed by atoms with Crippen molar-refractivity contribution in [2.24, 2.45) is 0 Å². The Hall–Kier alpha value is -2.07. The van der Waals surface area contributed by atoms with Gasteiger partial charge in [-0.05, 0) is 60.7 Å². The van der Waals surface area contributed by atoms with E-state index in [1.54, 1.807) is 6.07 Å². The zero-order chi connectivity index (χ0) is 16.1. The fraction of sp³-hybridized carbons (Fsp3) is 0.176. The van der Waals surface area contributed by atoms with E-state index in [4.69, 9.17) is 9.68 Å². The first-order valence-corrected chi connectivity index (χ1v) is 7.86. The van der Waals surface area contributed by atoms with Crippen molar-refractivity contribution in [1.29, 1.82) is 5.26 Å². The summed E-state index contributed by atoms with van der Waals surface area (Å²) in [5, 5.41) is 11.8. The van der Waals surface area contributed by atoms with E-state index in [2.05, 4.69) is 27.9 Å². The number of carbonyl (C=O) groups is 1. The quantitative estimate of drug-likeness (QED) is 0.475. The van der Waals surface area contributed by atoms with Crippen molar-refractivity contribution in [2.75, 3.05) is 0 Å². The van der Waals surface area contributed by atoms with E-state index in [9.17, 15) is 4.79 Å². The van der Waals surface area contributed by atoms with Crippen LogP contribution in [0.5, 0.6) is 0 Å². The van der Waals surface area contributed by atoms with Gasteiger partial charge in [0.25, 0.3) is 5.91 Å². The average Bonchev–Trinajstić information content (AvgIpc) is 2.93. The van der Waals surface area contributed by atoms with Crippen molar-refractivity contribution in [3.05, 3.63) is 51.3 Å². The van der Waals surface area contributed by atoms with Crippen LogP contribution in [0.15, 0.2) is 46.4 Å². The second-order valence-corrected chi connectivity index (χ2v) is 6.25. The van der Waals surface area contributed by atoms with Crippen LogP contribution in [0.4, 0.5) is 0 Å². The van der Waals surface area contributed by atoms with Gasteiger partial charge in [0, 0.05) is 21.3 Å². The van der Waals surface area contributed by atoms with E-state index < -0.39 is 5.91 Å². The van der Waals surface area contributed by atoms with Crippen molar-refractivity contribution in [1.82, 2.24) is 5.32 Å². The van der Waals surface area contributed by atoms with Crippen LogP contribution in [0, 0.1) is 14.9 Å². The Balaban J connectivity index is 2.23. The number of hydrogen-bond donors (Lipinski definition) is 1. The lowest BCUT2D eigenvalue weighted by molar-refractivity contribution is -0.117. The van der Waals surface area contributed by atoms with Gasteiger partial charge in [0.2, 0.25) is 0 Å². The summed E-state index contributed by atoms with van der Waals surface area (Å²) in [5.41, 5.74) is 0.974. The summed E-state index contributed by atoms with van der Waals surface area (Å²) < 4.78 is 6.83. The number of rotatable bonds is 4. The minimum absolute atomic E-state index is 0.0248. The molecule has 1 N–H and O–H groups in total. The molecular weight excluding hydrogens is 391 g/mol. The molecule has 22 heavy (non-hydrogen) atoms. The van der Waals surface area contributed by atoms with Crippen LogP contribution in [0.1, 0.15) is 19.6 Å². The Bertz CT molecular complexity index is 737. The maximum absolute atomic E-state index is 11.9. The molecule has 2 aromatic rings. The first-order chi connectivity index (χ1) is 10.5. The van der Waals surface area contributed by atoms with Gasteiger partial charge in [-0.3, -0.25) is 4.79 Å². The van der Waals surface area contributed by atoms with Crippen LogP contribution >= 0.6 is 22.6 Å². The largest absolute Gasteiger partial charge is 0.457 e. The van der Waals surface area contributed by atoms with Gasteiger partial charge in [-0.1, -0.05) is 12.1 Å². The Morgan fingerprint density at radius 1 is 1.27 bits per heavy atom. The van der Waals surface area contributed by atoms with Crippen molar-refractivity contribution < 1.29 is 9.21 Å². The summed E-state index contributed by atoms with van der Waals surface area (Å²) in [6.07, 6.45) is 1.45. The molecule has 112 valence electrons. The van der Waals surface area contributed by atoms with E-state index in [1.807, 2.05) is 50.2 Å². The molecule has 0 aliphatic carbocycles. The van der Waals surface area contributed by atoms with E-state index in [0.717, 1.165) is 9.13 Å². The minimum atomic E-state index is -0.398. The van der Waals surface area contributed by atoms with Gasteiger partial charge in [-0.2, -0.15) is 5.26 Å². The summed E-state index contributed by atoms with van der Waals surface area (Å²) in [6, 6.07) is 13.3. The van der Waals surface area contributed by atoms with Gasteiger partial charge < -0.3 is 9.73 Å². The standard InChI is InChI=1S/C17H15IN2O2/c1-11(2)20-17(21)13(10-19)9-15-7-8-16(22-15)12-3-5-14(18)6-4-12/h3-9,11H,1-2H3,(H,20,21)/b13-9-. The highest BCUT2D eigenvalue weighted by Crippen LogP contribution is 2.24. The van der Waals surface area contributed by atoms with Crippen LogP contribution < -0.4 is 5.32 Å². The predicted molar refractivity (Wildman–Crippen MR) is 93.7 cm³/mol. The molecule has 1 amide bonds. The highest BCUT2D eigenvalue weighted by Gasteiger charge is 2.11. The van der Waals surface area contributed by atoms with Crippen LogP contribution in [-0.2, 0) is 4.79 Å². The summed E-state index contributed by atoms with van der Waals surface area (Å²) in [4.78, 5) is 11.9. The molecule has 5 heteroatoms. The molecule has 0 atom stereocenters. The number of halogens is 1. The Labute approximate surface area is 143 Å². The molecule has 0 aliphatic heterocycles. The molecule has 0 unspecified atom stereocenters. The van der Waals surface area contributed by atoms with Gasteiger partial charge >= 0.3 is 0 Å². The van der Waals surface area contributed by atoms with Gasteiger partial charge in [-0.25, -0.2) is 0 Å². The maximum Gasteiger partial charge on any atom is 0.262 e. The molecule has 1 aromatic heterocycles. The van der Waals surface area contributed by atoms with Crippen molar-refractivity contribution in [2.45, 2.75) is 19.9 Å². The third-order valence-corrected chi connectivity index (χ3v) is 3.55. The van der Waals surface area contributed by atoms with Crippen LogP contribution in [0.3, 0.4) is 0 Å². The number of amides is 1. The zero-order valence-electron chi connectivity index (χ0n) is 12.3. The molecule has 0 fully saturated rings. The van der Waals surface area contributed by atoms with E-state index in [0.29, 0.717) is 11.5 Å². The molecule has 0 aliphatic rings. The van der Waals surface area contributed by atoms with Gasteiger partial charge in [0.15, 0.2) is 0 Å². The highest BCUT2D eigenvalue weighted by molar-refractivity contribution is 14.1. The van der Waals surface area contributed by atoms with Crippen molar-refractivity contribution in [3.8, 4) is 17.4 Å². The molecule has 2 rings (SSSR count).